The summed E-state index contributed by atoms with van der Waals surface area (Å²) in [6, 6.07) is 14.6. The molecule has 2 aromatic carbocycles. The molecular weight excluding hydrogens is 300 g/mol. The Bertz CT molecular complexity index is 822. The summed E-state index contributed by atoms with van der Waals surface area (Å²) in [5.41, 5.74) is 0.317. The number of fused-ring (bicyclic) bond motifs is 1. The Morgan fingerprint density at radius 1 is 1.14 bits per heavy atom. The van der Waals surface area contributed by atoms with Gasteiger partial charge in [-0.15, -0.1) is 11.3 Å². The molecule has 3 rings (SSSR count). The van der Waals surface area contributed by atoms with E-state index in [0.717, 1.165) is 15.0 Å². The van der Waals surface area contributed by atoms with Gasteiger partial charge in [0.25, 0.3) is 0 Å². The van der Waals surface area contributed by atoms with E-state index in [1.807, 2.05) is 36.4 Å². The minimum absolute atomic E-state index is 0.317. The van der Waals surface area contributed by atoms with Gasteiger partial charge in [-0.3, -0.25) is 0 Å². The fourth-order valence-electron chi connectivity index (χ4n) is 2.26. The molecular formula is C17H14O4S. The Hall–Kier alpha value is -2.53. The highest BCUT2D eigenvalue weighted by Gasteiger charge is 2.12. The summed E-state index contributed by atoms with van der Waals surface area (Å²) in [5, 5.41) is 9.97. The highest BCUT2D eigenvalue weighted by molar-refractivity contribution is 7.19. The zero-order valence-corrected chi connectivity index (χ0v) is 12.7. The van der Waals surface area contributed by atoms with Crippen molar-refractivity contribution < 1.29 is 19.4 Å². The van der Waals surface area contributed by atoms with Crippen molar-refractivity contribution in [2.24, 2.45) is 0 Å². The number of aromatic carboxylic acids is 1. The maximum Gasteiger partial charge on any atom is 0.336 e. The second-order valence-corrected chi connectivity index (χ2v) is 5.84. The molecule has 0 fully saturated rings. The second kappa shape index (κ2) is 6.07. The molecule has 0 radical (unpaired) electrons. The highest BCUT2D eigenvalue weighted by atomic mass is 32.1. The predicted octanol–water partition coefficient (Wildman–Crippen LogP) is 4.19. The molecule has 0 saturated carbocycles. The van der Waals surface area contributed by atoms with Gasteiger partial charge in [0.2, 0.25) is 0 Å². The molecule has 3 aromatic rings. The summed E-state index contributed by atoms with van der Waals surface area (Å²) >= 11 is 1.53. The molecule has 0 bridgehead atoms. The minimum atomic E-state index is -0.916. The number of para-hydroxylation sites is 2. The number of hydrogen-bond acceptors (Lipinski definition) is 4. The average Bonchev–Trinajstić information content (AvgIpc) is 2.95. The Morgan fingerprint density at radius 2 is 1.91 bits per heavy atom. The zero-order valence-electron chi connectivity index (χ0n) is 11.9. The third-order valence-corrected chi connectivity index (χ3v) is 4.36. The number of carbonyl (C=O) groups is 1. The first-order valence-electron chi connectivity index (χ1n) is 6.69. The van der Waals surface area contributed by atoms with Crippen LogP contribution in [0.2, 0.25) is 0 Å². The van der Waals surface area contributed by atoms with Crippen LogP contribution in [0.1, 0.15) is 15.2 Å². The highest BCUT2D eigenvalue weighted by Crippen LogP contribution is 2.31. The molecule has 0 atom stereocenters. The number of hydrogen-bond donors (Lipinski definition) is 1. The van der Waals surface area contributed by atoms with Gasteiger partial charge in [-0.1, -0.05) is 18.2 Å². The molecule has 22 heavy (non-hydrogen) atoms. The van der Waals surface area contributed by atoms with Gasteiger partial charge in [-0.05, 0) is 30.3 Å². The van der Waals surface area contributed by atoms with E-state index in [2.05, 4.69) is 0 Å². The number of ether oxygens (including phenoxy) is 2. The molecule has 0 amide bonds. The van der Waals surface area contributed by atoms with E-state index in [4.69, 9.17) is 9.47 Å². The summed E-state index contributed by atoms with van der Waals surface area (Å²) in [6.45, 7) is 0.374. The van der Waals surface area contributed by atoms with Gasteiger partial charge in [-0.25, -0.2) is 4.79 Å². The topological polar surface area (TPSA) is 55.8 Å². The van der Waals surface area contributed by atoms with Crippen LogP contribution in [-0.2, 0) is 6.61 Å². The fourth-order valence-corrected chi connectivity index (χ4v) is 3.26. The van der Waals surface area contributed by atoms with Crippen LogP contribution >= 0.6 is 11.3 Å². The van der Waals surface area contributed by atoms with Crippen molar-refractivity contribution in [3.63, 3.8) is 0 Å². The quantitative estimate of drug-likeness (QED) is 0.767. The number of methoxy groups -OCH3 is 1. The van der Waals surface area contributed by atoms with Gasteiger partial charge >= 0.3 is 5.97 Å². The smallest absolute Gasteiger partial charge is 0.336 e. The largest absolute Gasteiger partial charge is 0.493 e. The summed E-state index contributed by atoms with van der Waals surface area (Å²) in [6.07, 6.45) is 0. The Morgan fingerprint density at radius 3 is 2.64 bits per heavy atom. The first-order chi connectivity index (χ1) is 10.7. The number of benzene rings is 2. The van der Waals surface area contributed by atoms with Crippen LogP contribution in [0.5, 0.6) is 11.5 Å². The molecule has 0 aliphatic carbocycles. The average molecular weight is 314 g/mol. The lowest BCUT2D eigenvalue weighted by Gasteiger charge is -2.08. The van der Waals surface area contributed by atoms with Crippen LogP contribution < -0.4 is 9.47 Å². The van der Waals surface area contributed by atoms with E-state index in [9.17, 15) is 9.90 Å². The van der Waals surface area contributed by atoms with Gasteiger partial charge < -0.3 is 14.6 Å². The fraction of sp³-hybridized carbons (Fsp3) is 0.118. The summed E-state index contributed by atoms with van der Waals surface area (Å²) in [7, 11) is 1.60. The van der Waals surface area contributed by atoms with Gasteiger partial charge in [0.15, 0.2) is 11.5 Å². The van der Waals surface area contributed by atoms with Gasteiger partial charge in [0.05, 0.1) is 12.7 Å². The van der Waals surface area contributed by atoms with Gasteiger partial charge in [0, 0.05) is 15.0 Å². The number of rotatable bonds is 5. The van der Waals surface area contributed by atoms with Crippen molar-refractivity contribution in [2.75, 3.05) is 7.11 Å². The molecule has 1 heterocycles. The van der Waals surface area contributed by atoms with Crippen LogP contribution in [0.15, 0.2) is 48.5 Å². The van der Waals surface area contributed by atoms with Crippen molar-refractivity contribution in [1.29, 1.82) is 0 Å². The molecule has 0 aliphatic heterocycles. The van der Waals surface area contributed by atoms with Crippen LogP contribution in [0.4, 0.5) is 0 Å². The summed E-state index contributed by atoms with van der Waals surface area (Å²) < 4.78 is 12.0. The first kappa shape index (κ1) is 14.4. The van der Waals surface area contributed by atoms with Crippen molar-refractivity contribution in [3.05, 3.63) is 59.0 Å². The Kier molecular flexibility index (Phi) is 3.98. The van der Waals surface area contributed by atoms with Crippen molar-refractivity contribution in [2.45, 2.75) is 6.61 Å². The number of carboxylic acid groups (broad SMARTS) is 1. The first-order valence-corrected chi connectivity index (χ1v) is 7.51. The van der Waals surface area contributed by atoms with E-state index >= 15 is 0 Å². The van der Waals surface area contributed by atoms with Crippen LogP contribution in [-0.4, -0.2) is 18.2 Å². The van der Waals surface area contributed by atoms with E-state index in [-0.39, 0.29) is 0 Å². The molecule has 5 heteroatoms. The predicted molar refractivity (Wildman–Crippen MR) is 86.1 cm³/mol. The lowest BCUT2D eigenvalue weighted by molar-refractivity contribution is 0.0699. The zero-order chi connectivity index (χ0) is 15.5. The van der Waals surface area contributed by atoms with Gasteiger partial charge in [0.1, 0.15) is 6.61 Å². The van der Waals surface area contributed by atoms with Crippen molar-refractivity contribution >= 4 is 27.4 Å². The Labute approximate surface area is 131 Å². The summed E-state index contributed by atoms with van der Waals surface area (Å²) in [4.78, 5) is 12.2. The molecule has 0 aliphatic rings. The lowest BCUT2D eigenvalue weighted by Crippen LogP contribution is -1.96. The van der Waals surface area contributed by atoms with Crippen molar-refractivity contribution in [3.8, 4) is 11.5 Å². The number of thiophene rings is 1. The molecule has 1 N–H and O–H groups in total. The molecule has 0 spiro atoms. The third-order valence-electron chi connectivity index (χ3n) is 3.28. The van der Waals surface area contributed by atoms with Crippen LogP contribution in [0.25, 0.3) is 10.1 Å². The van der Waals surface area contributed by atoms with E-state index in [1.54, 1.807) is 19.2 Å². The maximum absolute atomic E-state index is 11.2. The second-order valence-electron chi connectivity index (χ2n) is 4.67. The summed E-state index contributed by atoms with van der Waals surface area (Å²) in [5.74, 6) is 0.427. The van der Waals surface area contributed by atoms with Crippen LogP contribution in [0.3, 0.4) is 0 Å². The third kappa shape index (κ3) is 2.76. The minimum Gasteiger partial charge on any atom is -0.493 e. The molecule has 0 unspecified atom stereocenters. The maximum atomic E-state index is 11.2. The lowest BCUT2D eigenvalue weighted by atomic mass is 10.1. The van der Waals surface area contributed by atoms with E-state index in [0.29, 0.717) is 23.7 Å². The molecule has 0 saturated heterocycles. The van der Waals surface area contributed by atoms with Crippen molar-refractivity contribution in [1.82, 2.24) is 0 Å². The van der Waals surface area contributed by atoms with Crippen LogP contribution in [0, 0.1) is 0 Å². The normalized spacial score (nSPS) is 10.6. The molecule has 4 nitrogen and oxygen atoms in total. The van der Waals surface area contributed by atoms with E-state index < -0.39 is 5.97 Å². The van der Waals surface area contributed by atoms with E-state index in [1.165, 1.54) is 11.3 Å². The Balaban J connectivity index is 1.86. The standard InChI is InChI=1S/C17H14O4S/c1-20-14-6-2-3-7-15(14)21-10-11-9-13-12(17(18)19)5-4-8-16(13)22-11/h2-9H,10H2,1H3,(H,18,19). The molecule has 1 aromatic heterocycles. The molecule has 112 valence electrons. The monoisotopic (exact) mass is 314 g/mol. The SMILES string of the molecule is COc1ccccc1OCc1cc2c(C(=O)O)cccc2s1. The van der Waals surface area contributed by atoms with Gasteiger partial charge in [-0.2, -0.15) is 0 Å². The number of carboxylic acids is 1.